The monoisotopic (exact) mass is 402 g/mol. The summed E-state index contributed by atoms with van der Waals surface area (Å²) in [7, 11) is 0. The molecule has 3 aromatic rings. The fraction of sp³-hybridized carbons (Fsp3) is 0.320. The highest BCUT2D eigenvalue weighted by Gasteiger charge is 2.31. The van der Waals surface area contributed by atoms with Gasteiger partial charge >= 0.3 is 0 Å². The van der Waals surface area contributed by atoms with E-state index >= 15 is 0 Å². The second-order valence-electron chi connectivity index (χ2n) is 8.23. The Kier molecular flexibility index (Phi) is 4.83. The molecule has 0 spiro atoms. The number of carbonyl (C=O) groups is 1. The van der Waals surface area contributed by atoms with Crippen molar-refractivity contribution in [2.24, 2.45) is 0 Å². The third-order valence-electron chi connectivity index (χ3n) is 6.33. The number of aryl methyl sites for hydroxylation is 1. The molecule has 154 valence electrons. The zero-order valence-electron chi connectivity index (χ0n) is 17.2. The highest BCUT2D eigenvalue weighted by molar-refractivity contribution is 6.15. The lowest BCUT2D eigenvalue weighted by atomic mass is 10.0. The first-order chi connectivity index (χ1) is 14.7. The van der Waals surface area contributed by atoms with Crippen molar-refractivity contribution in [3.63, 3.8) is 0 Å². The van der Waals surface area contributed by atoms with Crippen molar-refractivity contribution in [3.8, 4) is 11.5 Å². The van der Waals surface area contributed by atoms with Gasteiger partial charge in [0.05, 0.1) is 18.7 Å². The standard InChI is InChI=1S/C25H26N2O3/c1-2-27-15-17(18-8-4-5-9-21(18)27)14-23-24(29)19-10-11-22(28)20(25(19)30-23)16-26-12-6-3-7-13-26/h4-5,8-11,14-15,28H,2-3,6-7,12-13,16H2,1H3/b23-14-. The highest BCUT2D eigenvalue weighted by atomic mass is 16.5. The molecule has 0 bridgehead atoms. The number of quaternary nitrogens is 1. The first-order valence-corrected chi connectivity index (χ1v) is 10.8. The van der Waals surface area contributed by atoms with Gasteiger partial charge in [-0.3, -0.25) is 4.79 Å². The lowest BCUT2D eigenvalue weighted by Gasteiger charge is -2.26. The van der Waals surface area contributed by atoms with E-state index in [0.29, 0.717) is 29.2 Å². The zero-order chi connectivity index (χ0) is 20.7. The van der Waals surface area contributed by atoms with Gasteiger partial charge in [-0.25, -0.2) is 0 Å². The normalized spacial score (nSPS) is 18.2. The van der Waals surface area contributed by atoms with Crippen molar-refractivity contribution >= 4 is 22.8 Å². The molecule has 0 unspecified atom stereocenters. The largest absolute Gasteiger partial charge is 0.872 e. The van der Waals surface area contributed by atoms with E-state index in [2.05, 4.69) is 29.8 Å². The number of likely N-dealkylation sites (tertiary alicyclic amines) is 1. The second kappa shape index (κ2) is 7.65. The van der Waals surface area contributed by atoms with Gasteiger partial charge in [-0.2, -0.15) is 0 Å². The minimum absolute atomic E-state index is 0.0385. The molecule has 5 rings (SSSR count). The molecule has 0 atom stereocenters. The van der Waals surface area contributed by atoms with E-state index < -0.39 is 0 Å². The van der Waals surface area contributed by atoms with Crippen LogP contribution in [0.5, 0.6) is 11.5 Å². The van der Waals surface area contributed by atoms with Crippen LogP contribution >= 0.6 is 0 Å². The molecule has 5 nitrogen and oxygen atoms in total. The van der Waals surface area contributed by atoms with Crippen LogP contribution in [-0.2, 0) is 13.1 Å². The smallest absolute Gasteiger partial charge is 0.231 e. The van der Waals surface area contributed by atoms with Gasteiger partial charge in [-0.1, -0.05) is 30.0 Å². The number of nitrogens with one attached hydrogen (secondary N) is 1. The van der Waals surface area contributed by atoms with Gasteiger partial charge in [0.15, 0.2) is 5.76 Å². The predicted molar refractivity (Wildman–Crippen MR) is 115 cm³/mol. The fourth-order valence-electron chi connectivity index (χ4n) is 4.73. The first kappa shape index (κ1) is 18.9. The number of Topliss-reactive ketones (excluding diaryl/α,β-unsaturated/α-hetero) is 1. The Labute approximate surface area is 176 Å². The summed E-state index contributed by atoms with van der Waals surface area (Å²) in [6, 6.07) is 11.3. The lowest BCUT2D eigenvalue weighted by Crippen LogP contribution is -3.11. The predicted octanol–water partition coefficient (Wildman–Crippen LogP) is 2.92. The number of allylic oxidation sites excluding steroid dienone is 1. The Bertz CT molecular complexity index is 1150. The first-order valence-electron chi connectivity index (χ1n) is 10.8. The summed E-state index contributed by atoms with van der Waals surface area (Å²) in [5.41, 5.74) is 3.23. The van der Waals surface area contributed by atoms with Crippen molar-refractivity contribution in [2.75, 3.05) is 13.1 Å². The molecule has 0 radical (unpaired) electrons. The molecule has 2 aromatic carbocycles. The molecule has 3 heterocycles. The maximum absolute atomic E-state index is 13.1. The maximum Gasteiger partial charge on any atom is 0.231 e. The molecule has 2 aliphatic rings. The number of ether oxygens (including phenoxy) is 1. The number of nitrogens with zero attached hydrogens (tertiary/aromatic N) is 1. The van der Waals surface area contributed by atoms with Gasteiger partial charge in [0, 0.05) is 34.8 Å². The number of carbonyl (C=O) groups excluding carboxylic acids is 1. The summed E-state index contributed by atoms with van der Waals surface area (Å²) >= 11 is 0. The van der Waals surface area contributed by atoms with Crippen LogP contribution in [0.3, 0.4) is 0 Å². The molecule has 2 aliphatic heterocycles. The molecule has 30 heavy (non-hydrogen) atoms. The van der Waals surface area contributed by atoms with E-state index in [1.54, 1.807) is 6.07 Å². The average molecular weight is 402 g/mol. The van der Waals surface area contributed by atoms with Crippen LogP contribution in [-0.4, -0.2) is 23.4 Å². The topological polar surface area (TPSA) is 58.7 Å². The van der Waals surface area contributed by atoms with Crippen molar-refractivity contribution in [2.45, 2.75) is 39.3 Å². The number of rotatable bonds is 4. The summed E-state index contributed by atoms with van der Waals surface area (Å²) in [5.74, 6) is 0.581. The Morgan fingerprint density at radius 1 is 1.13 bits per heavy atom. The van der Waals surface area contributed by atoms with Gasteiger partial charge in [0.1, 0.15) is 12.3 Å². The van der Waals surface area contributed by atoms with Crippen LogP contribution in [0.4, 0.5) is 0 Å². The number of benzene rings is 2. The van der Waals surface area contributed by atoms with E-state index in [1.165, 1.54) is 30.2 Å². The van der Waals surface area contributed by atoms with Crippen LogP contribution in [0.1, 0.15) is 47.7 Å². The van der Waals surface area contributed by atoms with Crippen LogP contribution in [0.2, 0.25) is 0 Å². The van der Waals surface area contributed by atoms with Crippen molar-refractivity contribution in [1.82, 2.24) is 4.57 Å². The van der Waals surface area contributed by atoms with Gasteiger partial charge in [0.2, 0.25) is 5.78 Å². The second-order valence-corrected chi connectivity index (χ2v) is 8.23. The summed E-state index contributed by atoms with van der Waals surface area (Å²) < 4.78 is 8.22. The number of hydrogen-bond acceptors (Lipinski definition) is 3. The Hall–Kier alpha value is -3.05. The number of fused-ring (bicyclic) bond motifs is 2. The van der Waals surface area contributed by atoms with Gasteiger partial charge in [-0.15, -0.1) is 0 Å². The minimum Gasteiger partial charge on any atom is -0.872 e. The molecule has 0 saturated carbocycles. The van der Waals surface area contributed by atoms with Gasteiger partial charge in [-0.05, 0) is 44.4 Å². The third kappa shape index (κ3) is 3.19. The van der Waals surface area contributed by atoms with E-state index in [1.807, 2.05) is 18.2 Å². The van der Waals surface area contributed by atoms with Crippen molar-refractivity contribution in [3.05, 3.63) is 65.0 Å². The van der Waals surface area contributed by atoms with E-state index in [4.69, 9.17) is 4.74 Å². The number of para-hydroxylation sites is 1. The van der Waals surface area contributed by atoms with E-state index in [-0.39, 0.29) is 11.5 Å². The molecular weight excluding hydrogens is 376 g/mol. The zero-order valence-corrected chi connectivity index (χ0v) is 17.2. The number of hydrogen-bond donors (Lipinski definition) is 1. The molecule has 1 aromatic heterocycles. The summed E-state index contributed by atoms with van der Waals surface area (Å²) in [6.07, 6.45) is 7.50. The van der Waals surface area contributed by atoms with E-state index in [0.717, 1.165) is 36.1 Å². The molecule has 0 aliphatic carbocycles. The van der Waals surface area contributed by atoms with Crippen LogP contribution in [0, 0.1) is 0 Å². The summed E-state index contributed by atoms with van der Waals surface area (Å²) in [5, 5.41) is 13.7. The average Bonchev–Trinajstić information content (AvgIpc) is 3.29. The summed E-state index contributed by atoms with van der Waals surface area (Å²) in [6.45, 7) is 5.70. The van der Waals surface area contributed by atoms with Crippen LogP contribution in [0.25, 0.3) is 17.0 Å². The van der Waals surface area contributed by atoms with Crippen molar-refractivity contribution < 1.29 is 19.5 Å². The number of ketones is 1. The molecule has 1 fully saturated rings. The molecule has 1 saturated heterocycles. The molecule has 5 heteroatoms. The number of aromatic nitrogens is 1. The minimum atomic E-state index is -0.145. The molecule has 0 amide bonds. The Morgan fingerprint density at radius 3 is 2.73 bits per heavy atom. The molecular formula is C25H26N2O3. The van der Waals surface area contributed by atoms with Crippen LogP contribution in [0.15, 0.2) is 48.4 Å². The third-order valence-corrected chi connectivity index (χ3v) is 6.33. The quantitative estimate of drug-likeness (QED) is 0.683. The number of piperidine rings is 1. The SMILES string of the molecule is CCn1cc(/C=C2\Oc3c(ccc([O-])c3C[NH+]3CCCCC3)C2=O)c2ccccc21. The lowest BCUT2D eigenvalue weighted by molar-refractivity contribution is -0.918. The van der Waals surface area contributed by atoms with Crippen molar-refractivity contribution in [1.29, 1.82) is 0 Å². The Balaban J connectivity index is 1.52. The van der Waals surface area contributed by atoms with E-state index in [9.17, 15) is 9.90 Å². The highest BCUT2D eigenvalue weighted by Crippen LogP contribution is 2.39. The summed E-state index contributed by atoms with van der Waals surface area (Å²) in [4.78, 5) is 14.5. The molecule has 1 N–H and O–H groups in total. The fourth-order valence-corrected chi connectivity index (χ4v) is 4.73. The van der Waals surface area contributed by atoms with Gasteiger partial charge < -0.3 is 19.3 Å². The van der Waals surface area contributed by atoms with Crippen LogP contribution < -0.4 is 14.7 Å². The van der Waals surface area contributed by atoms with Gasteiger partial charge in [0.25, 0.3) is 0 Å². The Morgan fingerprint density at radius 2 is 1.93 bits per heavy atom. The maximum atomic E-state index is 13.1.